The van der Waals surface area contributed by atoms with Crippen LogP contribution in [-0.2, 0) is 16.4 Å². The van der Waals surface area contributed by atoms with E-state index >= 15 is 0 Å². The van der Waals surface area contributed by atoms with Crippen LogP contribution >= 0.6 is 0 Å². The van der Waals surface area contributed by atoms with E-state index in [1.165, 1.54) is 0 Å². The lowest BCUT2D eigenvalue weighted by atomic mass is 10.1. The molecule has 6 heteroatoms. The Balaban J connectivity index is 1.82. The largest absolute Gasteiger partial charge is 0.508 e. The number of nitrogens with zero attached hydrogens (tertiary/aromatic N) is 1. The van der Waals surface area contributed by atoms with E-state index in [2.05, 4.69) is 6.58 Å². The molecular formula is C20H22N2O3S. The second kappa shape index (κ2) is 7.35. The molecule has 0 atom stereocenters. The maximum Gasteiger partial charge on any atom is 0.179 e. The van der Waals surface area contributed by atoms with E-state index in [4.69, 9.17) is 5.73 Å². The van der Waals surface area contributed by atoms with E-state index in [0.717, 1.165) is 11.1 Å². The Bertz CT molecular complexity index is 965. The van der Waals surface area contributed by atoms with Crippen molar-refractivity contribution < 1.29 is 13.5 Å². The molecule has 0 radical (unpaired) electrons. The smallest absolute Gasteiger partial charge is 0.179 e. The van der Waals surface area contributed by atoms with E-state index in [1.54, 1.807) is 36.4 Å². The maximum atomic E-state index is 12.4. The van der Waals surface area contributed by atoms with Gasteiger partial charge in [0.1, 0.15) is 5.76 Å². The van der Waals surface area contributed by atoms with E-state index in [9.17, 15) is 13.5 Å². The van der Waals surface area contributed by atoms with Crippen molar-refractivity contribution in [3.05, 3.63) is 71.8 Å². The summed E-state index contributed by atoms with van der Waals surface area (Å²) in [5.41, 5.74) is 8.62. The third-order valence-corrected chi connectivity index (χ3v) is 6.30. The first-order valence-corrected chi connectivity index (χ1v) is 10.0. The molecule has 3 N–H and O–H groups in total. The molecular weight excluding hydrogens is 348 g/mol. The zero-order chi connectivity index (χ0) is 18.7. The average molecular weight is 370 g/mol. The summed E-state index contributed by atoms with van der Waals surface area (Å²) >= 11 is 0. The molecule has 2 aromatic carbocycles. The summed E-state index contributed by atoms with van der Waals surface area (Å²) in [6.07, 6.45) is 3.35. The summed E-state index contributed by atoms with van der Waals surface area (Å²) in [4.78, 5) is 2.39. The van der Waals surface area contributed by atoms with Crippen LogP contribution < -0.4 is 5.73 Å². The number of nitrogens with two attached hydrogens (primary N) is 1. The van der Waals surface area contributed by atoms with Gasteiger partial charge in [-0.25, -0.2) is 8.42 Å². The summed E-state index contributed by atoms with van der Waals surface area (Å²) in [5.74, 6) is 0.138. The van der Waals surface area contributed by atoms with Crippen molar-refractivity contribution in [3.8, 4) is 0 Å². The van der Waals surface area contributed by atoms with Gasteiger partial charge in [-0.2, -0.15) is 0 Å². The van der Waals surface area contributed by atoms with Gasteiger partial charge in [0.05, 0.1) is 10.6 Å². The number of fused-ring (bicyclic) bond motifs is 1. The first kappa shape index (κ1) is 18.2. The van der Waals surface area contributed by atoms with Gasteiger partial charge in [-0.15, -0.1) is 0 Å². The Kier molecular flexibility index (Phi) is 5.15. The Morgan fingerprint density at radius 3 is 2.81 bits per heavy atom. The molecule has 26 heavy (non-hydrogen) atoms. The number of hydrogen-bond acceptors (Lipinski definition) is 5. The Hall–Kier alpha value is -2.57. The van der Waals surface area contributed by atoms with Crippen molar-refractivity contribution in [3.63, 3.8) is 0 Å². The van der Waals surface area contributed by atoms with E-state index in [0.29, 0.717) is 35.8 Å². The molecule has 0 bridgehead atoms. The van der Waals surface area contributed by atoms with Gasteiger partial charge in [0, 0.05) is 30.9 Å². The van der Waals surface area contributed by atoms with Crippen molar-refractivity contribution in [1.29, 1.82) is 0 Å². The van der Waals surface area contributed by atoms with Crippen molar-refractivity contribution in [2.24, 2.45) is 0 Å². The predicted octanol–water partition coefficient (Wildman–Crippen LogP) is 3.10. The van der Waals surface area contributed by atoms with E-state index in [-0.39, 0.29) is 11.5 Å². The van der Waals surface area contributed by atoms with Gasteiger partial charge < -0.3 is 10.8 Å². The maximum absolute atomic E-state index is 12.4. The lowest BCUT2D eigenvalue weighted by Crippen LogP contribution is -2.26. The number of anilines is 1. The number of aliphatic hydroxyl groups excluding tert-OH is 1. The summed E-state index contributed by atoms with van der Waals surface area (Å²) in [7, 11) is -3.27. The van der Waals surface area contributed by atoms with Crippen LogP contribution in [0.3, 0.4) is 0 Å². The normalized spacial score (nSPS) is 17.3. The fourth-order valence-electron chi connectivity index (χ4n) is 3.02. The first-order valence-electron chi connectivity index (χ1n) is 8.35. The van der Waals surface area contributed by atoms with Gasteiger partial charge in [0.15, 0.2) is 9.84 Å². The molecule has 1 aliphatic rings. The van der Waals surface area contributed by atoms with Crippen molar-refractivity contribution >= 4 is 27.4 Å². The van der Waals surface area contributed by atoms with Crippen LogP contribution in [0.5, 0.6) is 0 Å². The van der Waals surface area contributed by atoms with Crippen LogP contribution in [0, 0.1) is 0 Å². The number of benzene rings is 2. The van der Waals surface area contributed by atoms with Gasteiger partial charge in [-0.05, 0) is 35.4 Å². The van der Waals surface area contributed by atoms with Crippen molar-refractivity contribution in [2.75, 3.05) is 24.6 Å². The van der Waals surface area contributed by atoms with Crippen molar-refractivity contribution in [1.82, 2.24) is 4.90 Å². The summed E-state index contributed by atoms with van der Waals surface area (Å²) in [6, 6.07) is 12.4. The van der Waals surface area contributed by atoms with Crippen LogP contribution in [-0.4, -0.2) is 37.3 Å². The average Bonchev–Trinajstić information content (AvgIpc) is 2.76. The number of aliphatic hydroxyl groups is 1. The number of hydrogen-bond donors (Lipinski definition) is 2. The molecule has 0 unspecified atom stereocenters. The van der Waals surface area contributed by atoms with Crippen LogP contribution in [0.15, 0.2) is 60.0 Å². The molecule has 136 valence electrons. The summed E-state index contributed by atoms with van der Waals surface area (Å²) in [5, 5.41) is 10.4. The zero-order valence-corrected chi connectivity index (χ0v) is 15.2. The van der Waals surface area contributed by atoms with Crippen molar-refractivity contribution in [2.45, 2.75) is 11.4 Å². The minimum atomic E-state index is -3.27. The number of sulfone groups is 1. The molecule has 0 spiro atoms. The third-order valence-electron chi connectivity index (χ3n) is 4.51. The Labute approximate surface area is 154 Å². The topological polar surface area (TPSA) is 83.6 Å². The molecule has 3 rings (SSSR count). The van der Waals surface area contributed by atoms with E-state index in [1.807, 2.05) is 23.1 Å². The quantitative estimate of drug-likeness (QED) is 0.638. The second-order valence-electron chi connectivity index (χ2n) is 6.30. The second-order valence-corrected chi connectivity index (χ2v) is 8.38. The standard InChI is InChI=1S/C20H22N2O3S/c1-2-15-7-8-18(21)17(13-15)19(23)9-10-22-11-12-26(24,25)20-6-4-3-5-16(20)14-22/h2-9,13,23H,1,10-12,14,21H2/b19-9+. The highest BCUT2D eigenvalue weighted by atomic mass is 32.2. The summed E-state index contributed by atoms with van der Waals surface area (Å²) < 4.78 is 24.8. The minimum absolute atomic E-state index is 0.0622. The molecule has 2 aromatic rings. The number of nitrogen functional groups attached to an aromatic ring is 1. The highest BCUT2D eigenvalue weighted by molar-refractivity contribution is 7.91. The molecule has 0 saturated heterocycles. The molecule has 1 aliphatic heterocycles. The minimum Gasteiger partial charge on any atom is -0.508 e. The molecule has 0 aliphatic carbocycles. The highest BCUT2D eigenvalue weighted by Gasteiger charge is 2.24. The molecule has 1 heterocycles. The zero-order valence-electron chi connectivity index (χ0n) is 14.4. The fraction of sp³-hybridized carbons (Fsp3) is 0.200. The Morgan fingerprint density at radius 2 is 2.04 bits per heavy atom. The highest BCUT2D eigenvalue weighted by Crippen LogP contribution is 2.24. The van der Waals surface area contributed by atoms with Crippen LogP contribution in [0.1, 0.15) is 16.7 Å². The van der Waals surface area contributed by atoms with Gasteiger partial charge in [0.2, 0.25) is 0 Å². The molecule has 0 saturated carbocycles. The monoisotopic (exact) mass is 370 g/mol. The number of rotatable bonds is 4. The van der Waals surface area contributed by atoms with Gasteiger partial charge in [-0.1, -0.05) is 36.9 Å². The van der Waals surface area contributed by atoms with Crippen LogP contribution in [0.2, 0.25) is 0 Å². The summed E-state index contributed by atoms with van der Waals surface area (Å²) in [6.45, 7) is 5.06. The van der Waals surface area contributed by atoms with Gasteiger partial charge in [0.25, 0.3) is 0 Å². The molecule has 0 aromatic heterocycles. The molecule has 5 nitrogen and oxygen atoms in total. The lowest BCUT2D eigenvalue weighted by molar-refractivity contribution is 0.312. The molecule has 0 fully saturated rings. The fourth-order valence-corrected chi connectivity index (χ4v) is 4.56. The van der Waals surface area contributed by atoms with Gasteiger partial charge in [-0.3, -0.25) is 4.90 Å². The predicted molar refractivity (Wildman–Crippen MR) is 105 cm³/mol. The third kappa shape index (κ3) is 3.81. The first-order chi connectivity index (χ1) is 12.4. The molecule has 0 amide bonds. The van der Waals surface area contributed by atoms with Gasteiger partial charge >= 0.3 is 0 Å². The van der Waals surface area contributed by atoms with Crippen LogP contribution in [0.4, 0.5) is 5.69 Å². The lowest BCUT2D eigenvalue weighted by Gasteiger charge is -2.18. The SMILES string of the molecule is C=Cc1ccc(N)c(/C(O)=C\CN2CCS(=O)(=O)c3ccccc3C2)c1. The van der Waals surface area contributed by atoms with Crippen LogP contribution in [0.25, 0.3) is 11.8 Å². The Morgan fingerprint density at radius 1 is 1.27 bits per heavy atom. The van der Waals surface area contributed by atoms with E-state index < -0.39 is 9.84 Å².